The van der Waals surface area contributed by atoms with Crippen molar-refractivity contribution in [3.8, 4) is 6.07 Å². The summed E-state index contributed by atoms with van der Waals surface area (Å²) in [6.07, 6.45) is 4.71. The number of hydrogen-bond acceptors (Lipinski definition) is 7. The van der Waals surface area contributed by atoms with Crippen molar-refractivity contribution in [1.29, 1.82) is 5.26 Å². The van der Waals surface area contributed by atoms with Crippen LogP contribution in [0.25, 0.3) is 10.2 Å². The molecule has 0 aliphatic rings. The van der Waals surface area contributed by atoms with E-state index in [1.807, 2.05) is 37.4 Å². The zero-order chi connectivity index (χ0) is 21.5. The number of fused-ring (bicyclic) bond motifs is 1. The van der Waals surface area contributed by atoms with Gasteiger partial charge >= 0.3 is 0 Å². The van der Waals surface area contributed by atoms with Gasteiger partial charge in [0.05, 0.1) is 24.1 Å². The molecular weight excluding hydrogens is 404 g/mol. The molecule has 0 spiro atoms. The lowest BCUT2D eigenvalue weighted by Crippen LogP contribution is -2.17. The lowest BCUT2D eigenvalue weighted by atomic mass is 10.1. The lowest BCUT2D eigenvalue weighted by molar-refractivity contribution is 0.905. The van der Waals surface area contributed by atoms with Crippen molar-refractivity contribution in [2.75, 3.05) is 23.9 Å². The number of nitriles is 1. The number of hydrogen-bond donors (Lipinski definition) is 1. The first-order valence-electron chi connectivity index (χ1n) is 9.97. The maximum Gasteiger partial charge on any atom is 0.158 e. The molecule has 6 nitrogen and oxygen atoms in total. The third kappa shape index (κ3) is 5.24. The smallest absolute Gasteiger partial charge is 0.158 e. The van der Waals surface area contributed by atoms with Crippen LogP contribution in [0.3, 0.4) is 0 Å². The molecule has 0 aliphatic carbocycles. The molecule has 0 saturated carbocycles. The van der Waals surface area contributed by atoms with Crippen LogP contribution in [-0.4, -0.2) is 29.8 Å². The van der Waals surface area contributed by atoms with E-state index in [0.717, 1.165) is 27.9 Å². The van der Waals surface area contributed by atoms with Crippen LogP contribution in [0.2, 0.25) is 0 Å². The van der Waals surface area contributed by atoms with Gasteiger partial charge in [-0.25, -0.2) is 9.97 Å². The van der Waals surface area contributed by atoms with Gasteiger partial charge in [0.25, 0.3) is 0 Å². The molecule has 0 bridgehead atoms. The first-order valence-corrected chi connectivity index (χ1v) is 10.8. The normalized spacial score (nSPS) is 11.0. The third-order valence-electron chi connectivity index (χ3n) is 4.88. The second-order valence-electron chi connectivity index (χ2n) is 7.11. The van der Waals surface area contributed by atoms with Gasteiger partial charge in [0.15, 0.2) is 5.82 Å². The SMILES string of the molecule is CN(CCC#N)c1ccc(C=NNc2ncnc3sc(Cc4ccccc4)cc23)cc1. The summed E-state index contributed by atoms with van der Waals surface area (Å²) >= 11 is 1.68. The van der Waals surface area contributed by atoms with E-state index in [4.69, 9.17) is 5.26 Å². The molecule has 2 aromatic carbocycles. The van der Waals surface area contributed by atoms with Crippen molar-refractivity contribution in [2.45, 2.75) is 12.8 Å². The Balaban J connectivity index is 1.44. The summed E-state index contributed by atoms with van der Waals surface area (Å²) in [6.45, 7) is 0.710. The van der Waals surface area contributed by atoms with Gasteiger partial charge in [0, 0.05) is 30.6 Å². The van der Waals surface area contributed by atoms with Crippen molar-refractivity contribution >= 4 is 39.3 Å². The number of anilines is 2. The van der Waals surface area contributed by atoms with Crippen LogP contribution in [0.15, 0.2) is 72.1 Å². The molecule has 4 rings (SSSR count). The molecule has 0 radical (unpaired) electrons. The van der Waals surface area contributed by atoms with Crippen molar-refractivity contribution in [2.24, 2.45) is 5.10 Å². The topological polar surface area (TPSA) is 77.2 Å². The Bertz CT molecular complexity index is 1210. The highest BCUT2D eigenvalue weighted by Gasteiger charge is 2.09. The Hall–Kier alpha value is -3.76. The molecule has 154 valence electrons. The average molecular weight is 427 g/mol. The Labute approximate surface area is 185 Å². The summed E-state index contributed by atoms with van der Waals surface area (Å²) in [5.41, 5.74) is 6.38. The highest BCUT2D eigenvalue weighted by Crippen LogP contribution is 2.29. The largest absolute Gasteiger partial charge is 0.374 e. The fourth-order valence-corrected chi connectivity index (χ4v) is 4.24. The van der Waals surface area contributed by atoms with Gasteiger partial charge in [0.2, 0.25) is 0 Å². The number of aromatic nitrogens is 2. The molecule has 4 aromatic rings. The van der Waals surface area contributed by atoms with Crippen LogP contribution >= 0.6 is 11.3 Å². The molecule has 7 heteroatoms. The van der Waals surface area contributed by atoms with E-state index in [2.05, 4.69) is 61.8 Å². The minimum atomic E-state index is 0.507. The zero-order valence-corrected chi connectivity index (χ0v) is 18.0. The van der Waals surface area contributed by atoms with E-state index in [-0.39, 0.29) is 0 Å². The number of thiophene rings is 1. The van der Waals surface area contributed by atoms with Gasteiger partial charge in [-0.15, -0.1) is 11.3 Å². The van der Waals surface area contributed by atoms with Crippen molar-refractivity contribution in [1.82, 2.24) is 9.97 Å². The molecule has 0 saturated heterocycles. The fourth-order valence-electron chi connectivity index (χ4n) is 3.21. The summed E-state index contributed by atoms with van der Waals surface area (Å²) in [6, 6.07) is 22.8. The van der Waals surface area contributed by atoms with Gasteiger partial charge in [-0.3, -0.25) is 5.43 Å². The molecule has 0 amide bonds. The van der Waals surface area contributed by atoms with Crippen molar-refractivity contribution in [3.63, 3.8) is 0 Å². The van der Waals surface area contributed by atoms with Crippen LogP contribution < -0.4 is 10.3 Å². The van der Waals surface area contributed by atoms with Crippen LogP contribution in [0.1, 0.15) is 22.4 Å². The first-order chi connectivity index (χ1) is 15.2. The van der Waals surface area contributed by atoms with E-state index in [1.165, 1.54) is 10.4 Å². The van der Waals surface area contributed by atoms with Crippen molar-refractivity contribution < 1.29 is 0 Å². The standard InChI is InChI=1S/C24H22N6S/c1-30(13-5-12-25)20-10-8-19(9-11-20)16-28-29-23-22-15-21(31-24(22)27-17-26-23)14-18-6-3-2-4-7-18/h2-4,6-11,15-17H,5,13-14H2,1H3,(H,26,27,29). The number of nitrogens with zero attached hydrogens (tertiary/aromatic N) is 5. The van der Waals surface area contributed by atoms with Gasteiger partial charge in [-0.05, 0) is 29.3 Å². The molecule has 2 aromatic heterocycles. The van der Waals surface area contributed by atoms with Gasteiger partial charge in [-0.2, -0.15) is 10.4 Å². The summed E-state index contributed by atoms with van der Waals surface area (Å²) in [5.74, 6) is 0.699. The molecule has 0 fully saturated rings. The Kier molecular flexibility index (Phi) is 6.50. The number of hydrazone groups is 1. The van der Waals surface area contributed by atoms with Crippen LogP contribution in [0.4, 0.5) is 11.5 Å². The van der Waals surface area contributed by atoms with Gasteiger partial charge in [-0.1, -0.05) is 42.5 Å². The molecule has 0 unspecified atom stereocenters. The summed E-state index contributed by atoms with van der Waals surface area (Å²) in [4.78, 5) is 13.0. The van der Waals surface area contributed by atoms with E-state index in [0.29, 0.717) is 18.8 Å². The van der Waals surface area contributed by atoms with Gasteiger partial charge in [0.1, 0.15) is 11.2 Å². The lowest BCUT2D eigenvalue weighted by Gasteiger charge is -2.17. The summed E-state index contributed by atoms with van der Waals surface area (Å²) in [7, 11) is 1.98. The predicted molar refractivity (Wildman–Crippen MR) is 128 cm³/mol. The fraction of sp³-hybridized carbons (Fsp3) is 0.167. The Morgan fingerprint density at radius 3 is 2.71 bits per heavy atom. The molecule has 2 heterocycles. The number of benzene rings is 2. The minimum Gasteiger partial charge on any atom is -0.374 e. The minimum absolute atomic E-state index is 0.507. The highest BCUT2D eigenvalue weighted by atomic mass is 32.1. The second-order valence-corrected chi connectivity index (χ2v) is 8.22. The molecular formula is C24H22N6S. The maximum atomic E-state index is 8.72. The molecule has 31 heavy (non-hydrogen) atoms. The summed E-state index contributed by atoms with van der Waals surface area (Å²) in [5, 5.41) is 14.1. The highest BCUT2D eigenvalue weighted by molar-refractivity contribution is 7.18. The molecule has 0 atom stereocenters. The Morgan fingerprint density at radius 2 is 1.94 bits per heavy atom. The molecule has 1 N–H and O–H groups in total. The Morgan fingerprint density at radius 1 is 1.13 bits per heavy atom. The van der Waals surface area contributed by atoms with Crippen LogP contribution in [0, 0.1) is 11.3 Å². The van der Waals surface area contributed by atoms with Gasteiger partial charge < -0.3 is 4.90 Å². The molecule has 0 aliphatic heterocycles. The first kappa shape index (κ1) is 20.5. The quantitative estimate of drug-likeness (QED) is 0.314. The van der Waals surface area contributed by atoms with Crippen LogP contribution in [-0.2, 0) is 6.42 Å². The average Bonchev–Trinajstić information content (AvgIpc) is 3.22. The monoisotopic (exact) mass is 426 g/mol. The van der Waals surface area contributed by atoms with Crippen molar-refractivity contribution in [3.05, 3.63) is 83.0 Å². The van der Waals surface area contributed by atoms with E-state index in [1.54, 1.807) is 23.9 Å². The third-order valence-corrected chi connectivity index (χ3v) is 5.92. The predicted octanol–water partition coefficient (Wildman–Crippen LogP) is 5.08. The zero-order valence-electron chi connectivity index (χ0n) is 17.2. The van der Waals surface area contributed by atoms with Crippen LogP contribution in [0.5, 0.6) is 0 Å². The number of nitrogens with one attached hydrogen (secondary N) is 1. The maximum absolute atomic E-state index is 8.72. The summed E-state index contributed by atoms with van der Waals surface area (Å²) < 4.78 is 0. The second kappa shape index (κ2) is 9.83. The van der Waals surface area contributed by atoms with E-state index in [9.17, 15) is 0 Å². The van der Waals surface area contributed by atoms with E-state index >= 15 is 0 Å². The van der Waals surface area contributed by atoms with E-state index < -0.39 is 0 Å². The number of rotatable bonds is 8.